The molecule has 1 saturated carbocycles. The highest BCUT2D eigenvalue weighted by Crippen LogP contribution is 2.35. The third kappa shape index (κ3) is 3.19. The number of benzene rings is 1. The van der Waals surface area contributed by atoms with Crippen molar-refractivity contribution in [3.8, 4) is 0 Å². The zero-order valence-corrected chi connectivity index (χ0v) is 11.1. The van der Waals surface area contributed by atoms with Gasteiger partial charge in [-0.3, -0.25) is 4.57 Å². The zero-order valence-electron chi connectivity index (χ0n) is 10.2. The molecule has 18 heavy (non-hydrogen) atoms. The summed E-state index contributed by atoms with van der Waals surface area (Å²) in [4.78, 5) is 18.1. The zero-order chi connectivity index (χ0) is 13.2. The molecule has 0 spiro atoms. The third-order valence-electron chi connectivity index (χ3n) is 3.61. The first-order valence-electron chi connectivity index (χ1n) is 6.32. The van der Waals surface area contributed by atoms with Crippen LogP contribution in [0, 0.1) is 11.7 Å². The van der Waals surface area contributed by atoms with Crippen LogP contribution in [0.3, 0.4) is 0 Å². The van der Waals surface area contributed by atoms with Gasteiger partial charge < -0.3 is 9.79 Å². The van der Waals surface area contributed by atoms with Gasteiger partial charge in [-0.05, 0) is 24.0 Å². The van der Waals surface area contributed by atoms with Gasteiger partial charge in [0.05, 0.1) is 5.30 Å². The Morgan fingerprint density at radius 2 is 1.89 bits per heavy atom. The molecule has 0 radical (unpaired) electrons. The van der Waals surface area contributed by atoms with E-state index < -0.39 is 18.7 Å². The standard InChI is InChI=1S/C13H18FO3P/c14-13-11(9-10-5-2-1-3-6-10)7-4-8-12(13)18(15,16)17/h4,7-8,10H,1-3,5-6,9H2,(H2,15,16,17). The lowest BCUT2D eigenvalue weighted by Crippen LogP contribution is -2.15. The Morgan fingerprint density at radius 1 is 1.22 bits per heavy atom. The number of hydrogen-bond acceptors (Lipinski definition) is 1. The van der Waals surface area contributed by atoms with Crippen LogP contribution in [0.2, 0.25) is 0 Å². The lowest BCUT2D eigenvalue weighted by Gasteiger charge is -2.22. The normalized spacial score (nSPS) is 17.9. The summed E-state index contributed by atoms with van der Waals surface area (Å²) in [5.74, 6) is -0.281. The first kappa shape index (κ1) is 13.7. The second kappa shape index (κ2) is 5.52. The first-order valence-corrected chi connectivity index (χ1v) is 7.93. The average molecular weight is 272 g/mol. The summed E-state index contributed by atoms with van der Waals surface area (Å²) in [6.07, 6.45) is 6.33. The van der Waals surface area contributed by atoms with Gasteiger partial charge in [-0.15, -0.1) is 0 Å². The highest BCUT2D eigenvalue weighted by Gasteiger charge is 2.25. The van der Waals surface area contributed by atoms with Gasteiger partial charge in [-0.1, -0.05) is 44.2 Å². The van der Waals surface area contributed by atoms with Crippen molar-refractivity contribution in [3.63, 3.8) is 0 Å². The van der Waals surface area contributed by atoms with E-state index in [1.165, 1.54) is 31.4 Å². The minimum absolute atomic E-state index is 0.433. The van der Waals surface area contributed by atoms with Crippen LogP contribution in [0.5, 0.6) is 0 Å². The Morgan fingerprint density at radius 3 is 2.50 bits per heavy atom. The molecule has 0 saturated heterocycles. The molecule has 1 aromatic rings. The summed E-state index contributed by atoms with van der Waals surface area (Å²) in [5.41, 5.74) is 0.433. The molecule has 1 fully saturated rings. The van der Waals surface area contributed by atoms with E-state index in [2.05, 4.69) is 0 Å². The largest absolute Gasteiger partial charge is 0.359 e. The lowest BCUT2D eigenvalue weighted by molar-refractivity contribution is 0.352. The maximum absolute atomic E-state index is 14.0. The van der Waals surface area contributed by atoms with Crippen molar-refractivity contribution < 1.29 is 18.7 Å². The van der Waals surface area contributed by atoms with E-state index in [9.17, 15) is 8.96 Å². The van der Waals surface area contributed by atoms with Crippen LogP contribution in [0.15, 0.2) is 18.2 Å². The van der Waals surface area contributed by atoms with Crippen LogP contribution in [0.25, 0.3) is 0 Å². The Labute approximate surface area is 106 Å². The van der Waals surface area contributed by atoms with Gasteiger partial charge in [0.15, 0.2) is 0 Å². The van der Waals surface area contributed by atoms with Crippen molar-refractivity contribution in [1.29, 1.82) is 0 Å². The Balaban J connectivity index is 2.20. The van der Waals surface area contributed by atoms with E-state index in [4.69, 9.17) is 9.79 Å². The molecular formula is C13H18FO3P. The van der Waals surface area contributed by atoms with E-state index >= 15 is 0 Å². The fourth-order valence-electron chi connectivity index (χ4n) is 2.65. The molecular weight excluding hydrogens is 254 g/mol. The Kier molecular flexibility index (Phi) is 4.21. The maximum atomic E-state index is 14.0. The summed E-state index contributed by atoms with van der Waals surface area (Å²) in [6.45, 7) is 0. The Hall–Kier alpha value is -0.700. The molecule has 5 heteroatoms. The molecule has 100 valence electrons. The summed E-state index contributed by atoms with van der Waals surface area (Å²) < 4.78 is 25.2. The molecule has 0 atom stereocenters. The topological polar surface area (TPSA) is 57.5 Å². The van der Waals surface area contributed by atoms with E-state index in [1.54, 1.807) is 6.07 Å². The second-order valence-corrected chi connectivity index (χ2v) is 6.57. The van der Waals surface area contributed by atoms with Crippen LogP contribution in [0.4, 0.5) is 4.39 Å². The van der Waals surface area contributed by atoms with E-state index in [1.807, 2.05) is 0 Å². The van der Waals surface area contributed by atoms with Gasteiger partial charge >= 0.3 is 7.60 Å². The number of hydrogen-bond donors (Lipinski definition) is 2. The molecule has 1 aliphatic rings. The molecule has 1 aliphatic carbocycles. The maximum Gasteiger partial charge on any atom is 0.359 e. The number of halogens is 1. The SMILES string of the molecule is O=P(O)(O)c1cccc(CC2CCCCC2)c1F. The van der Waals surface area contributed by atoms with Crippen molar-refractivity contribution in [1.82, 2.24) is 0 Å². The van der Waals surface area contributed by atoms with Gasteiger partial charge in [-0.25, -0.2) is 4.39 Å². The molecule has 1 aromatic carbocycles. The lowest BCUT2D eigenvalue weighted by atomic mass is 9.85. The molecule has 0 aliphatic heterocycles. The minimum Gasteiger partial charge on any atom is -0.321 e. The molecule has 2 N–H and O–H groups in total. The molecule has 0 amide bonds. The Bertz CT molecular complexity index is 463. The molecule has 2 rings (SSSR count). The van der Waals surface area contributed by atoms with E-state index in [-0.39, 0.29) is 0 Å². The second-order valence-electron chi connectivity index (χ2n) is 5.00. The molecule has 0 bridgehead atoms. The van der Waals surface area contributed by atoms with Crippen LogP contribution in [-0.4, -0.2) is 9.79 Å². The van der Waals surface area contributed by atoms with Gasteiger partial charge in [0, 0.05) is 0 Å². The smallest absolute Gasteiger partial charge is 0.321 e. The van der Waals surface area contributed by atoms with Crippen LogP contribution < -0.4 is 5.30 Å². The summed E-state index contributed by atoms with van der Waals surface area (Å²) in [5, 5.41) is -0.476. The average Bonchev–Trinajstić information content (AvgIpc) is 2.32. The third-order valence-corrected chi connectivity index (χ3v) is 4.58. The molecule has 0 unspecified atom stereocenters. The summed E-state index contributed by atoms with van der Waals surface area (Å²) in [6, 6.07) is 4.32. The summed E-state index contributed by atoms with van der Waals surface area (Å²) >= 11 is 0. The van der Waals surface area contributed by atoms with Crippen molar-refractivity contribution in [3.05, 3.63) is 29.6 Å². The van der Waals surface area contributed by atoms with E-state index in [0.717, 1.165) is 12.8 Å². The fourth-order valence-corrected chi connectivity index (χ4v) is 3.33. The van der Waals surface area contributed by atoms with Crippen molar-refractivity contribution in [2.45, 2.75) is 38.5 Å². The predicted molar refractivity (Wildman–Crippen MR) is 68.4 cm³/mol. The van der Waals surface area contributed by atoms with Gasteiger partial charge in [-0.2, -0.15) is 0 Å². The van der Waals surface area contributed by atoms with Crippen molar-refractivity contribution in [2.75, 3.05) is 0 Å². The van der Waals surface area contributed by atoms with Gasteiger partial charge in [0.2, 0.25) is 0 Å². The van der Waals surface area contributed by atoms with Crippen molar-refractivity contribution >= 4 is 12.9 Å². The molecule has 0 aromatic heterocycles. The minimum atomic E-state index is -4.51. The van der Waals surface area contributed by atoms with Gasteiger partial charge in [0.1, 0.15) is 5.82 Å². The molecule has 3 nitrogen and oxygen atoms in total. The van der Waals surface area contributed by atoms with E-state index in [0.29, 0.717) is 17.9 Å². The van der Waals surface area contributed by atoms with Crippen molar-refractivity contribution in [2.24, 2.45) is 5.92 Å². The highest BCUT2D eigenvalue weighted by molar-refractivity contribution is 7.60. The predicted octanol–water partition coefficient (Wildman–Crippen LogP) is 2.75. The van der Waals surface area contributed by atoms with Gasteiger partial charge in [0.25, 0.3) is 0 Å². The highest BCUT2D eigenvalue weighted by atomic mass is 31.2. The summed E-state index contributed by atoms with van der Waals surface area (Å²) in [7, 11) is -4.51. The number of rotatable bonds is 3. The van der Waals surface area contributed by atoms with Crippen LogP contribution in [0.1, 0.15) is 37.7 Å². The van der Waals surface area contributed by atoms with Crippen LogP contribution >= 0.6 is 7.60 Å². The first-order chi connectivity index (χ1) is 8.48. The fraction of sp³-hybridized carbons (Fsp3) is 0.538. The quantitative estimate of drug-likeness (QED) is 0.832. The van der Waals surface area contributed by atoms with Crippen LogP contribution in [-0.2, 0) is 11.0 Å². The molecule has 0 heterocycles. The monoisotopic (exact) mass is 272 g/mol.